The molecule has 2 N–H and O–H groups in total. The number of benzene rings is 1. The molecule has 0 spiro atoms. The van der Waals surface area contributed by atoms with E-state index in [1.54, 1.807) is 23.7 Å². The van der Waals surface area contributed by atoms with Crippen LogP contribution in [0.15, 0.2) is 55.0 Å². The summed E-state index contributed by atoms with van der Waals surface area (Å²) in [4.78, 5) is 25.6. The van der Waals surface area contributed by atoms with Crippen molar-refractivity contribution >= 4 is 33.0 Å². The van der Waals surface area contributed by atoms with Crippen LogP contribution >= 0.6 is 11.3 Å². The molecular formula is C22H20N4OS. The van der Waals surface area contributed by atoms with Crippen LogP contribution in [0.5, 0.6) is 0 Å². The fourth-order valence-electron chi connectivity index (χ4n) is 3.15. The van der Waals surface area contributed by atoms with Crippen molar-refractivity contribution in [2.24, 2.45) is 0 Å². The van der Waals surface area contributed by atoms with Gasteiger partial charge >= 0.3 is 0 Å². The number of nitrogens with zero attached hydrogens (tertiary/aromatic N) is 3. The first-order valence-corrected chi connectivity index (χ1v) is 10.0. The molecule has 0 aliphatic heterocycles. The van der Waals surface area contributed by atoms with Crippen LogP contribution in [0, 0.1) is 0 Å². The molecule has 0 aliphatic rings. The highest BCUT2D eigenvalue weighted by Crippen LogP contribution is 2.36. The summed E-state index contributed by atoms with van der Waals surface area (Å²) >= 11 is 1.56. The van der Waals surface area contributed by atoms with E-state index in [1.807, 2.05) is 37.4 Å². The highest BCUT2D eigenvalue weighted by Gasteiger charge is 2.15. The minimum Gasteiger partial charge on any atom is -0.397 e. The Hall–Kier alpha value is -3.12. The molecule has 3 aromatic heterocycles. The number of fused-ring (bicyclic) bond motifs is 1. The smallest absolute Gasteiger partial charge is 0.139 e. The molecule has 0 aliphatic carbocycles. The third kappa shape index (κ3) is 3.77. The van der Waals surface area contributed by atoms with E-state index in [2.05, 4.69) is 22.1 Å². The Morgan fingerprint density at radius 1 is 1.14 bits per heavy atom. The van der Waals surface area contributed by atoms with Gasteiger partial charge in [-0.2, -0.15) is 0 Å². The Kier molecular flexibility index (Phi) is 5.12. The molecule has 28 heavy (non-hydrogen) atoms. The molecule has 0 atom stereocenters. The molecule has 0 saturated carbocycles. The van der Waals surface area contributed by atoms with E-state index < -0.39 is 0 Å². The van der Waals surface area contributed by atoms with Crippen molar-refractivity contribution in [2.75, 3.05) is 5.73 Å². The molecule has 1 aromatic carbocycles. The first-order chi connectivity index (χ1) is 13.6. The highest BCUT2D eigenvalue weighted by molar-refractivity contribution is 7.19. The Morgan fingerprint density at radius 3 is 2.75 bits per heavy atom. The van der Waals surface area contributed by atoms with Crippen LogP contribution in [-0.4, -0.2) is 20.7 Å². The lowest BCUT2D eigenvalue weighted by Crippen LogP contribution is -2.00. The van der Waals surface area contributed by atoms with Crippen LogP contribution < -0.4 is 5.73 Å². The van der Waals surface area contributed by atoms with Crippen LogP contribution in [0.25, 0.3) is 32.6 Å². The van der Waals surface area contributed by atoms with Gasteiger partial charge in [0.1, 0.15) is 10.8 Å². The minimum atomic E-state index is 0.223. The molecule has 140 valence electrons. The first-order valence-electron chi connectivity index (χ1n) is 9.21. The van der Waals surface area contributed by atoms with Gasteiger partial charge in [0.25, 0.3) is 0 Å². The summed E-state index contributed by atoms with van der Waals surface area (Å²) in [5, 5.41) is 0.841. The summed E-state index contributed by atoms with van der Waals surface area (Å²) in [5.74, 6) is 0.223. The molecule has 0 unspecified atom stereocenters. The molecule has 0 bridgehead atoms. The van der Waals surface area contributed by atoms with Crippen molar-refractivity contribution in [1.29, 1.82) is 0 Å². The standard InChI is InChI=1S/C22H20N4OS/c1-2-4-17(27)11-21-26-20-10-15(14-5-3-8-24-12-14)9-18(22(20)28-21)19-7-6-16(23)13-25-19/h3,5-10,12-13H,2,4,11,23H2,1H3. The van der Waals surface area contributed by atoms with Gasteiger partial charge in [-0.15, -0.1) is 11.3 Å². The molecule has 4 rings (SSSR count). The second kappa shape index (κ2) is 7.86. The number of aromatic nitrogens is 3. The lowest BCUT2D eigenvalue weighted by Gasteiger charge is -2.07. The number of carbonyl (C=O) groups excluding carboxylic acids is 1. The lowest BCUT2D eigenvalue weighted by atomic mass is 10.0. The second-order valence-corrected chi connectivity index (χ2v) is 7.75. The van der Waals surface area contributed by atoms with Crippen LogP contribution in [0.3, 0.4) is 0 Å². The lowest BCUT2D eigenvalue weighted by molar-refractivity contribution is -0.118. The van der Waals surface area contributed by atoms with Gasteiger partial charge in [-0.1, -0.05) is 13.0 Å². The number of thiazole rings is 1. The van der Waals surface area contributed by atoms with Crippen molar-refractivity contribution in [1.82, 2.24) is 15.0 Å². The zero-order valence-electron chi connectivity index (χ0n) is 15.6. The average molecular weight is 388 g/mol. The maximum absolute atomic E-state index is 12.1. The fraction of sp³-hybridized carbons (Fsp3) is 0.182. The number of hydrogen-bond acceptors (Lipinski definition) is 6. The molecule has 4 aromatic rings. The highest BCUT2D eigenvalue weighted by atomic mass is 32.1. The third-order valence-electron chi connectivity index (χ3n) is 4.47. The van der Waals surface area contributed by atoms with Gasteiger partial charge in [0.05, 0.1) is 34.2 Å². The largest absolute Gasteiger partial charge is 0.397 e. The number of pyridine rings is 2. The quantitative estimate of drug-likeness (QED) is 0.507. The van der Waals surface area contributed by atoms with Gasteiger partial charge in [-0.3, -0.25) is 14.8 Å². The number of Topliss-reactive ketones (excluding diaryl/α,β-unsaturated/α-hetero) is 1. The van der Waals surface area contributed by atoms with Gasteiger partial charge in [-0.25, -0.2) is 4.98 Å². The third-order valence-corrected chi connectivity index (χ3v) is 5.57. The van der Waals surface area contributed by atoms with Gasteiger partial charge in [-0.05, 0) is 42.3 Å². The molecule has 0 saturated heterocycles. The molecular weight excluding hydrogens is 368 g/mol. The minimum absolute atomic E-state index is 0.223. The van der Waals surface area contributed by atoms with Crippen molar-refractivity contribution in [2.45, 2.75) is 26.2 Å². The van der Waals surface area contributed by atoms with Crippen LogP contribution in [-0.2, 0) is 11.2 Å². The van der Waals surface area contributed by atoms with Crippen molar-refractivity contribution in [3.63, 3.8) is 0 Å². The van der Waals surface area contributed by atoms with E-state index in [-0.39, 0.29) is 5.78 Å². The van der Waals surface area contributed by atoms with Crippen LogP contribution in [0.2, 0.25) is 0 Å². The Balaban J connectivity index is 1.86. The molecule has 5 nitrogen and oxygen atoms in total. The summed E-state index contributed by atoms with van der Waals surface area (Å²) in [6.45, 7) is 2.02. The van der Waals surface area contributed by atoms with Gasteiger partial charge in [0.2, 0.25) is 0 Å². The predicted molar refractivity (Wildman–Crippen MR) is 114 cm³/mol. The molecule has 0 fully saturated rings. The maximum Gasteiger partial charge on any atom is 0.139 e. The number of ketones is 1. The molecule has 0 amide bonds. The number of carbonyl (C=O) groups is 1. The van der Waals surface area contributed by atoms with E-state index in [0.717, 1.165) is 44.0 Å². The number of anilines is 1. The van der Waals surface area contributed by atoms with Crippen LogP contribution in [0.4, 0.5) is 5.69 Å². The van der Waals surface area contributed by atoms with Crippen LogP contribution in [0.1, 0.15) is 24.8 Å². The van der Waals surface area contributed by atoms with E-state index in [4.69, 9.17) is 10.7 Å². The second-order valence-electron chi connectivity index (χ2n) is 6.66. The number of hydrogen-bond donors (Lipinski definition) is 1. The average Bonchev–Trinajstić information content (AvgIpc) is 3.11. The van der Waals surface area contributed by atoms with Crippen molar-refractivity contribution < 1.29 is 4.79 Å². The predicted octanol–water partition coefficient (Wildman–Crippen LogP) is 4.91. The van der Waals surface area contributed by atoms with E-state index in [0.29, 0.717) is 18.5 Å². The SMILES string of the molecule is CCCC(=O)Cc1nc2cc(-c3cccnc3)cc(-c3ccc(N)cn3)c2s1. The normalized spacial score (nSPS) is 11.0. The summed E-state index contributed by atoms with van der Waals surface area (Å²) in [7, 11) is 0. The van der Waals surface area contributed by atoms with Gasteiger partial charge in [0.15, 0.2) is 0 Å². The van der Waals surface area contributed by atoms with Gasteiger partial charge in [0, 0.05) is 29.9 Å². The van der Waals surface area contributed by atoms with Gasteiger partial charge < -0.3 is 5.73 Å². The Bertz CT molecular complexity index is 1120. The topological polar surface area (TPSA) is 81.8 Å². The zero-order valence-corrected chi connectivity index (χ0v) is 16.4. The number of nitrogens with two attached hydrogens (primary N) is 1. The number of rotatable bonds is 6. The summed E-state index contributed by atoms with van der Waals surface area (Å²) in [5.41, 5.74) is 11.2. The molecule has 6 heteroatoms. The van der Waals surface area contributed by atoms with Crippen molar-refractivity contribution in [3.05, 3.63) is 60.0 Å². The molecule has 3 heterocycles. The van der Waals surface area contributed by atoms with Crippen molar-refractivity contribution in [3.8, 4) is 22.4 Å². The van der Waals surface area contributed by atoms with E-state index >= 15 is 0 Å². The first kappa shape index (κ1) is 18.3. The maximum atomic E-state index is 12.1. The summed E-state index contributed by atoms with van der Waals surface area (Å²) in [6, 6.07) is 11.9. The van der Waals surface area contributed by atoms with E-state index in [1.165, 1.54) is 0 Å². The Morgan fingerprint density at radius 2 is 2.04 bits per heavy atom. The monoisotopic (exact) mass is 388 g/mol. The molecule has 0 radical (unpaired) electrons. The summed E-state index contributed by atoms with van der Waals surface area (Å²) in [6.07, 6.45) is 7.07. The Labute approximate surface area is 167 Å². The zero-order chi connectivity index (χ0) is 19.5. The summed E-state index contributed by atoms with van der Waals surface area (Å²) < 4.78 is 1.03. The van der Waals surface area contributed by atoms with E-state index in [9.17, 15) is 4.79 Å². The fourth-order valence-corrected chi connectivity index (χ4v) is 4.24. The number of nitrogen functional groups attached to an aromatic ring is 1.